The number of hydrogen-bond donors (Lipinski definition) is 1. The van der Waals surface area contributed by atoms with E-state index in [1.807, 2.05) is 12.1 Å². The Bertz CT molecular complexity index is 395. The molecule has 1 amide bonds. The molecule has 1 rings (SSSR count). The maximum Gasteiger partial charge on any atom is 0.295 e. The summed E-state index contributed by atoms with van der Waals surface area (Å²) < 4.78 is 0. The molecule has 0 aromatic carbocycles. The lowest BCUT2D eigenvalue weighted by Gasteiger charge is -2.17. The predicted octanol–water partition coefficient (Wildman–Crippen LogP) is -0.531. The summed E-state index contributed by atoms with van der Waals surface area (Å²) in [7, 11) is 0. The number of amides is 1. The maximum atomic E-state index is 11.7. The average molecular weight is 219 g/mol. The number of nitriles is 2. The van der Waals surface area contributed by atoms with Crippen LogP contribution in [0.4, 0.5) is 0 Å². The van der Waals surface area contributed by atoms with Crippen LogP contribution in [0.15, 0.2) is 0 Å². The molecule has 82 valence electrons. The van der Waals surface area contributed by atoms with Crippen molar-refractivity contribution in [3.8, 4) is 12.1 Å². The van der Waals surface area contributed by atoms with Crippen LogP contribution in [-0.4, -0.2) is 44.5 Å². The summed E-state index contributed by atoms with van der Waals surface area (Å²) in [4.78, 5) is 13.1. The lowest BCUT2D eigenvalue weighted by Crippen LogP contribution is -2.33. The minimum Gasteiger partial charge on any atom is -0.334 e. The number of carbonyl (C=O) groups excluding carboxylic acids is 1. The normalized spacial score (nSPS) is 9.12. The fourth-order valence-electron chi connectivity index (χ4n) is 1.08. The molecule has 0 bridgehead atoms. The SMILES string of the molecule is N#CCCN(CCC#N)C(=O)c1nn[nH]n1. The first-order valence-electron chi connectivity index (χ1n) is 4.56. The Hall–Kier alpha value is -2.48. The Labute approximate surface area is 91.5 Å². The highest BCUT2D eigenvalue weighted by Gasteiger charge is 2.18. The van der Waals surface area contributed by atoms with Crippen LogP contribution in [-0.2, 0) is 0 Å². The Morgan fingerprint density at radius 1 is 1.31 bits per heavy atom. The molecule has 0 radical (unpaired) electrons. The van der Waals surface area contributed by atoms with E-state index in [9.17, 15) is 4.79 Å². The van der Waals surface area contributed by atoms with Gasteiger partial charge in [0, 0.05) is 13.1 Å². The van der Waals surface area contributed by atoms with Gasteiger partial charge < -0.3 is 4.90 Å². The number of carbonyl (C=O) groups is 1. The molecule has 1 aromatic heterocycles. The predicted molar refractivity (Wildman–Crippen MR) is 50.5 cm³/mol. The van der Waals surface area contributed by atoms with Crippen molar-refractivity contribution >= 4 is 5.91 Å². The second-order valence-corrected chi connectivity index (χ2v) is 2.84. The zero-order chi connectivity index (χ0) is 11.8. The number of hydrogen-bond acceptors (Lipinski definition) is 6. The molecule has 8 nitrogen and oxygen atoms in total. The van der Waals surface area contributed by atoms with E-state index in [-0.39, 0.29) is 31.8 Å². The molecule has 1 N–H and O–H groups in total. The number of tetrazole rings is 1. The molecule has 0 aliphatic rings. The molecule has 1 heterocycles. The zero-order valence-electron chi connectivity index (χ0n) is 8.42. The van der Waals surface area contributed by atoms with Crippen LogP contribution in [0.3, 0.4) is 0 Å². The van der Waals surface area contributed by atoms with Gasteiger partial charge in [0.2, 0.25) is 0 Å². The number of aromatic nitrogens is 4. The molecule has 0 aliphatic carbocycles. The Balaban J connectivity index is 2.65. The van der Waals surface area contributed by atoms with Crippen LogP contribution in [0, 0.1) is 22.7 Å². The van der Waals surface area contributed by atoms with Gasteiger partial charge in [-0.25, -0.2) is 0 Å². The molecule has 0 saturated carbocycles. The van der Waals surface area contributed by atoms with E-state index >= 15 is 0 Å². The minimum absolute atomic E-state index is 0.0594. The number of nitrogens with zero attached hydrogens (tertiary/aromatic N) is 6. The molecular formula is C8H9N7O. The third-order valence-electron chi connectivity index (χ3n) is 1.81. The van der Waals surface area contributed by atoms with E-state index in [1.54, 1.807) is 0 Å². The van der Waals surface area contributed by atoms with Crippen LogP contribution in [0.25, 0.3) is 0 Å². The number of nitrogens with one attached hydrogen (secondary N) is 1. The first-order valence-corrected chi connectivity index (χ1v) is 4.56. The zero-order valence-corrected chi connectivity index (χ0v) is 8.42. The summed E-state index contributed by atoms with van der Waals surface area (Å²) >= 11 is 0. The highest BCUT2D eigenvalue weighted by molar-refractivity contribution is 5.90. The Kier molecular flexibility index (Phi) is 4.41. The van der Waals surface area contributed by atoms with Gasteiger partial charge in [0.15, 0.2) is 0 Å². The minimum atomic E-state index is -0.431. The number of H-pyrrole nitrogens is 1. The van der Waals surface area contributed by atoms with Gasteiger partial charge in [-0.15, -0.1) is 10.2 Å². The van der Waals surface area contributed by atoms with E-state index in [0.717, 1.165) is 0 Å². The van der Waals surface area contributed by atoms with Crippen molar-refractivity contribution in [3.05, 3.63) is 5.82 Å². The molecule has 0 spiro atoms. The van der Waals surface area contributed by atoms with Crippen molar-refractivity contribution in [3.63, 3.8) is 0 Å². The average Bonchev–Trinajstić information content (AvgIpc) is 2.82. The molecular weight excluding hydrogens is 210 g/mol. The molecule has 8 heteroatoms. The van der Waals surface area contributed by atoms with Crippen LogP contribution < -0.4 is 0 Å². The first kappa shape index (κ1) is 11.6. The third-order valence-corrected chi connectivity index (χ3v) is 1.81. The van der Waals surface area contributed by atoms with E-state index in [4.69, 9.17) is 10.5 Å². The van der Waals surface area contributed by atoms with Gasteiger partial charge in [0.25, 0.3) is 11.7 Å². The lowest BCUT2D eigenvalue weighted by molar-refractivity contribution is 0.0750. The van der Waals surface area contributed by atoms with Crippen molar-refractivity contribution in [2.45, 2.75) is 12.8 Å². The largest absolute Gasteiger partial charge is 0.334 e. The highest BCUT2D eigenvalue weighted by atomic mass is 16.2. The van der Waals surface area contributed by atoms with E-state index in [0.29, 0.717) is 0 Å². The van der Waals surface area contributed by atoms with Gasteiger partial charge in [-0.2, -0.15) is 15.7 Å². The third kappa shape index (κ3) is 3.03. The smallest absolute Gasteiger partial charge is 0.295 e. The molecule has 0 fully saturated rings. The summed E-state index contributed by atoms with van der Waals surface area (Å²) in [6, 6.07) is 3.87. The summed E-state index contributed by atoms with van der Waals surface area (Å²) in [5, 5.41) is 29.4. The standard InChI is InChI=1S/C8H9N7O/c9-3-1-5-15(6-2-4-10)8(16)7-11-13-14-12-7/h1-2,5-6H2,(H,11,12,13,14). The van der Waals surface area contributed by atoms with Gasteiger partial charge in [-0.05, 0) is 5.21 Å². The van der Waals surface area contributed by atoms with Crippen molar-refractivity contribution in [1.29, 1.82) is 10.5 Å². The van der Waals surface area contributed by atoms with Crippen LogP contribution in [0.5, 0.6) is 0 Å². The highest BCUT2D eigenvalue weighted by Crippen LogP contribution is 2.00. The molecule has 1 aromatic rings. The van der Waals surface area contributed by atoms with Crippen molar-refractivity contribution in [1.82, 2.24) is 25.5 Å². The first-order chi connectivity index (χ1) is 7.79. The van der Waals surface area contributed by atoms with Gasteiger partial charge >= 0.3 is 0 Å². The topological polar surface area (TPSA) is 122 Å². The number of rotatable bonds is 5. The molecule has 0 aliphatic heterocycles. The molecule has 0 unspecified atom stereocenters. The lowest BCUT2D eigenvalue weighted by atomic mass is 10.3. The van der Waals surface area contributed by atoms with Crippen molar-refractivity contribution < 1.29 is 4.79 Å². The van der Waals surface area contributed by atoms with Gasteiger partial charge in [-0.1, -0.05) is 0 Å². The van der Waals surface area contributed by atoms with Gasteiger partial charge in [-0.3, -0.25) is 4.79 Å². The fraction of sp³-hybridized carbons (Fsp3) is 0.500. The van der Waals surface area contributed by atoms with E-state index < -0.39 is 5.91 Å². The summed E-state index contributed by atoms with van der Waals surface area (Å²) in [5.74, 6) is -0.491. The second-order valence-electron chi connectivity index (χ2n) is 2.84. The summed E-state index contributed by atoms with van der Waals surface area (Å²) in [5.41, 5.74) is 0. The second kappa shape index (κ2) is 6.09. The molecule has 16 heavy (non-hydrogen) atoms. The molecule has 0 saturated heterocycles. The van der Waals surface area contributed by atoms with Crippen LogP contribution >= 0.6 is 0 Å². The Morgan fingerprint density at radius 3 is 2.38 bits per heavy atom. The van der Waals surface area contributed by atoms with Gasteiger partial charge in [0.1, 0.15) is 0 Å². The van der Waals surface area contributed by atoms with E-state index in [1.165, 1.54) is 4.90 Å². The van der Waals surface area contributed by atoms with Crippen molar-refractivity contribution in [2.75, 3.05) is 13.1 Å². The number of aromatic amines is 1. The van der Waals surface area contributed by atoms with Crippen molar-refractivity contribution in [2.24, 2.45) is 0 Å². The van der Waals surface area contributed by atoms with Crippen LogP contribution in [0.1, 0.15) is 23.5 Å². The summed E-state index contributed by atoms with van der Waals surface area (Å²) in [6.07, 6.45) is 0.407. The van der Waals surface area contributed by atoms with Gasteiger partial charge in [0.05, 0.1) is 25.0 Å². The monoisotopic (exact) mass is 219 g/mol. The quantitative estimate of drug-likeness (QED) is 0.710. The molecule has 0 atom stereocenters. The van der Waals surface area contributed by atoms with Crippen LogP contribution in [0.2, 0.25) is 0 Å². The van der Waals surface area contributed by atoms with E-state index in [2.05, 4.69) is 20.6 Å². The summed E-state index contributed by atoms with van der Waals surface area (Å²) in [6.45, 7) is 0.511. The fourth-order valence-corrected chi connectivity index (χ4v) is 1.08. The Morgan fingerprint density at radius 2 is 1.94 bits per heavy atom. The maximum absolute atomic E-state index is 11.7.